The zero-order chi connectivity index (χ0) is 16.4. The molecule has 1 amide bonds. The molecule has 7 heteroatoms. The van der Waals surface area contributed by atoms with Crippen LogP contribution in [0.4, 0.5) is 5.69 Å². The third kappa shape index (κ3) is 3.43. The summed E-state index contributed by atoms with van der Waals surface area (Å²) in [5.41, 5.74) is 1.49. The second-order valence-electron chi connectivity index (χ2n) is 5.14. The predicted molar refractivity (Wildman–Crippen MR) is 93.3 cm³/mol. The van der Waals surface area contributed by atoms with Crippen LogP contribution in [0.3, 0.4) is 0 Å². The highest BCUT2D eigenvalue weighted by Gasteiger charge is 2.08. The van der Waals surface area contributed by atoms with Gasteiger partial charge in [-0.2, -0.15) is 0 Å². The van der Waals surface area contributed by atoms with Crippen molar-refractivity contribution >= 4 is 44.7 Å². The molecule has 0 radical (unpaired) electrons. The van der Waals surface area contributed by atoms with E-state index in [2.05, 4.69) is 10.3 Å². The molecule has 0 saturated heterocycles. The second kappa shape index (κ2) is 6.52. The quantitative estimate of drug-likeness (QED) is 0.786. The number of nitrogens with zero attached hydrogens (tertiary/aromatic N) is 2. The summed E-state index contributed by atoms with van der Waals surface area (Å²) >= 11 is 7.32. The fourth-order valence-electron chi connectivity index (χ4n) is 2.25. The number of carbonyl (C=O) groups excluding carboxylic acids is 1. The Bertz CT molecular complexity index is 932. The molecule has 1 aromatic carbocycles. The molecular formula is C16H14ClN3O2S. The van der Waals surface area contributed by atoms with Gasteiger partial charge in [-0.1, -0.05) is 11.6 Å². The average molecular weight is 348 g/mol. The first-order valence-corrected chi connectivity index (χ1v) is 8.29. The summed E-state index contributed by atoms with van der Waals surface area (Å²) in [6, 6.07) is 7.03. The van der Waals surface area contributed by atoms with Crippen LogP contribution in [0, 0.1) is 6.92 Å². The molecule has 2 aromatic heterocycles. The summed E-state index contributed by atoms with van der Waals surface area (Å²) in [6.45, 7) is 2.16. The van der Waals surface area contributed by atoms with E-state index in [1.165, 1.54) is 22.2 Å². The molecule has 1 N–H and O–H groups in total. The van der Waals surface area contributed by atoms with E-state index in [4.69, 9.17) is 11.6 Å². The number of amides is 1. The molecular weight excluding hydrogens is 334 g/mol. The van der Waals surface area contributed by atoms with Crippen molar-refractivity contribution in [2.45, 2.75) is 19.9 Å². The van der Waals surface area contributed by atoms with E-state index in [0.29, 0.717) is 15.2 Å². The number of aryl methyl sites for hydroxylation is 2. The highest BCUT2D eigenvalue weighted by molar-refractivity contribution is 7.16. The van der Waals surface area contributed by atoms with Crippen LogP contribution in [0.5, 0.6) is 0 Å². The Kier molecular flexibility index (Phi) is 4.45. The molecule has 0 unspecified atom stereocenters. The Hall–Kier alpha value is -2.18. The monoisotopic (exact) mass is 347 g/mol. The lowest BCUT2D eigenvalue weighted by Crippen LogP contribution is -2.23. The van der Waals surface area contributed by atoms with E-state index in [9.17, 15) is 9.59 Å². The lowest BCUT2D eigenvalue weighted by atomic mass is 10.2. The van der Waals surface area contributed by atoms with Crippen molar-refractivity contribution in [2.75, 3.05) is 5.32 Å². The number of hydrogen-bond donors (Lipinski definition) is 1. The summed E-state index contributed by atoms with van der Waals surface area (Å²) in [6.07, 6.45) is 1.68. The Morgan fingerprint density at radius 3 is 3.00 bits per heavy atom. The van der Waals surface area contributed by atoms with E-state index in [1.807, 2.05) is 12.3 Å². The van der Waals surface area contributed by atoms with Crippen LogP contribution in [0.15, 0.2) is 40.8 Å². The zero-order valence-corrected chi connectivity index (χ0v) is 13.9. The number of thiophene rings is 1. The molecule has 0 atom stereocenters. The van der Waals surface area contributed by atoms with Gasteiger partial charge in [0.25, 0.3) is 5.56 Å². The fourth-order valence-corrected chi connectivity index (χ4v) is 3.20. The minimum atomic E-state index is -0.160. The van der Waals surface area contributed by atoms with Gasteiger partial charge in [-0.3, -0.25) is 14.2 Å². The molecule has 23 heavy (non-hydrogen) atoms. The third-order valence-electron chi connectivity index (χ3n) is 3.49. The minimum absolute atomic E-state index is 0.119. The van der Waals surface area contributed by atoms with Gasteiger partial charge in [-0.25, -0.2) is 4.98 Å². The van der Waals surface area contributed by atoms with Gasteiger partial charge in [0.1, 0.15) is 4.83 Å². The SMILES string of the molecule is Cc1cc(Cl)ccc1NC(=O)CCn1cnc2sccc2c1=O. The second-order valence-corrected chi connectivity index (χ2v) is 6.47. The van der Waals surface area contributed by atoms with E-state index >= 15 is 0 Å². The van der Waals surface area contributed by atoms with Gasteiger partial charge in [0.2, 0.25) is 5.91 Å². The molecule has 3 aromatic rings. The van der Waals surface area contributed by atoms with Gasteiger partial charge in [-0.15, -0.1) is 11.3 Å². The molecule has 0 aliphatic heterocycles. The van der Waals surface area contributed by atoms with Crippen molar-refractivity contribution in [3.63, 3.8) is 0 Å². The van der Waals surface area contributed by atoms with Crippen molar-refractivity contribution in [2.24, 2.45) is 0 Å². The summed E-state index contributed by atoms with van der Waals surface area (Å²) in [5, 5.41) is 5.88. The van der Waals surface area contributed by atoms with Crippen LogP contribution in [0.25, 0.3) is 10.2 Å². The number of halogens is 1. The maximum Gasteiger partial charge on any atom is 0.262 e. The summed E-state index contributed by atoms with van der Waals surface area (Å²) in [7, 11) is 0. The van der Waals surface area contributed by atoms with Crippen molar-refractivity contribution in [1.82, 2.24) is 9.55 Å². The molecule has 5 nitrogen and oxygen atoms in total. The summed E-state index contributed by atoms with van der Waals surface area (Å²) in [4.78, 5) is 29.2. The number of aromatic nitrogens is 2. The lowest BCUT2D eigenvalue weighted by Gasteiger charge is -2.09. The maximum atomic E-state index is 12.2. The zero-order valence-electron chi connectivity index (χ0n) is 12.4. The van der Waals surface area contributed by atoms with Crippen LogP contribution in [-0.2, 0) is 11.3 Å². The van der Waals surface area contributed by atoms with Crippen LogP contribution >= 0.6 is 22.9 Å². The summed E-state index contributed by atoms with van der Waals surface area (Å²) in [5.74, 6) is -0.160. The van der Waals surface area contributed by atoms with Crippen LogP contribution < -0.4 is 10.9 Å². The van der Waals surface area contributed by atoms with Crippen LogP contribution in [0.1, 0.15) is 12.0 Å². The normalized spacial score (nSPS) is 10.9. The molecule has 2 heterocycles. The topological polar surface area (TPSA) is 64.0 Å². The number of rotatable bonds is 4. The van der Waals surface area contributed by atoms with Crippen molar-refractivity contribution < 1.29 is 4.79 Å². The Balaban J connectivity index is 1.68. The number of hydrogen-bond acceptors (Lipinski definition) is 4. The van der Waals surface area contributed by atoms with Crippen molar-refractivity contribution in [3.05, 3.63) is 56.9 Å². The number of fused-ring (bicyclic) bond motifs is 1. The number of carbonyl (C=O) groups is 1. The molecule has 0 bridgehead atoms. The Labute approximate surface area is 141 Å². The van der Waals surface area contributed by atoms with Crippen molar-refractivity contribution in [1.29, 1.82) is 0 Å². The van der Waals surface area contributed by atoms with E-state index in [1.54, 1.807) is 24.3 Å². The van der Waals surface area contributed by atoms with Gasteiger partial charge in [0.15, 0.2) is 0 Å². The van der Waals surface area contributed by atoms with Crippen LogP contribution in [0.2, 0.25) is 5.02 Å². The minimum Gasteiger partial charge on any atom is -0.326 e. The molecule has 0 aliphatic carbocycles. The third-order valence-corrected chi connectivity index (χ3v) is 4.55. The molecule has 118 valence electrons. The van der Waals surface area contributed by atoms with Gasteiger partial charge < -0.3 is 5.32 Å². The smallest absolute Gasteiger partial charge is 0.262 e. The van der Waals surface area contributed by atoms with Gasteiger partial charge >= 0.3 is 0 Å². The van der Waals surface area contributed by atoms with Crippen LogP contribution in [-0.4, -0.2) is 15.5 Å². The number of benzene rings is 1. The molecule has 3 rings (SSSR count). The summed E-state index contributed by atoms with van der Waals surface area (Å²) < 4.78 is 1.46. The van der Waals surface area contributed by atoms with Gasteiger partial charge in [-0.05, 0) is 42.1 Å². The van der Waals surface area contributed by atoms with E-state index in [-0.39, 0.29) is 24.4 Å². The molecule has 0 saturated carbocycles. The molecule has 0 aliphatic rings. The first-order chi connectivity index (χ1) is 11.0. The lowest BCUT2D eigenvalue weighted by molar-refractivity contribution is -0.116. The highest BCUT2D eigenvalue weighted by atomic mass is 35.5. The van der Waals surface area contributed by atoms with Crippen molar-refractivity contribution in [3.8, 4) is 0 Å². The molecule has 0 fully saturated rings. The first-order valence-electron chi connectivity index (χ1n) is 7.03. The largest absolute Gasteiger partial charge is 0.326 e. The fraction of sp³-hybridized carbons (Fsp3) is 0.188. The maximum absolute atomic E-state index is 12.2. The van der Waals surface area contributed by atoms with E-state index in [0.717, 1.165) is 11.3 Å². The average Bonchev–Trinajstić information content (AvgIpc) is 2.99. The standard InChI is InChI=1S/C16H14ClN3O2S/c1-10-8-11(17)2-3-13(10)19-14(21)4-6-20-9-18-15-12(16(20)22)5-7-23-15/h2-3,5,7-9H,4,6H2,1H3,(H,19,21). The number of anilines is 1. The number of nitrogens with one attached hydrogen (secondary N) is 1. The Morgan fingerprint density at radius 1 is 1.39 bits per heavy atom. The first kappa shape index (κ1) is 15.7. The van der Waals surface area contributed by atoms with Gasteiger partial charge in [0, 0.05) is 23.7 Å². The predicted octanol–water partition coefficient (Wildman–Crippen LogP) is 3.45. The highest BCUT2D eigenvalue weighted by Crippen LogP contribution is 2.19. The molecule has 0 spiro atoms. The van der Waals surface area contributed by atoms with Gasteiger partial charge in [0.05, 0.1) is 11.7 Å². The Morgan fingerprint density at radius 2 is 2.22 bits per heavy atom. The van der Waals surface area contributed by atoms with E-state index < -0.39 is 0 Å².